The largest absolute Gasteiger partial charge is 0.472 e. The summed E-state index contributed by atoms with van der Waals surface area (Å²) < 4.78 is 32.5. The first-order chi connectivity index (χ1) is 21.8. The van der Waals surface area contributed by atoms with Crippen molar-refractivity contribution in [2.75, 3.05) is 26.4 Å². The summed E-state index contributed by atoms with van der Waals surface area (Å²) in [6.45, 7) is 3.68. The van der Waals surface area contributed by atoms with Crippen LogP contribution in [0.1, 0.15) is 168 Å². The summed E-state index contributed by atoms with van der Waals surface area (Å²) >= 11 is 0. The minimum atomic E-state index is -4.36. The Morgan fingerprint density at radius 3 is 1.60 bits per heavy atom. The summed E-state index contributed by atoms with van der Waals surface area (Å²) in [5.41, 5.74) is 5.32. The van der Waals surface area contributed by atoms with Crippen LogP contribution in [0.25, 0.3) is 0 Å². The highest BCUT2D eigenvalue weighted by atomic mass is 31.2. The number of rotatable bonds is 34. The van der Waals surface area contributed by atoms with Gasteiger partial charge >= 0.3 is 19.8 Å². The monoisotopic (exact) mass is 661 g/mol. The fraction of sp³-hybridized carbons (Fsp3) is 0.886. The summed E-state index contributed by atoms with van der Waals surface area (Å²) in [5.74, 6) is -0.834. The van der Waals surface area contributed by atoms with Gasteiger partial charge in [-0.05, 0) is 38.5 Å². The molecule has 0 bridgehead atoms. The van der Waals surface area contributed by atoms with E-state index in [-0.39, 0.29) is 38.6 Å². The van der Waals surface area contributed by atoms with Gasteiger partial charge in [-0.15, -0.1) is 0 Å². The van der Waals surface area contributed by atoms with Crippen LogP contribution in [0.15, 0.2) is 12.2 Å². The van der Waals surface area contributed by atoms with Gasteiger partial charge in [0.1, 0.15) is 6.61 Å². The van der Waals surface area contributed by atoms with Crippen molar-refractivity contribution < 1.29 is 37.6 Å². The molecule has 0 heterocycles. The van der Waals surface area contributed by atoms with E-state index in [4.69, 9.17) is 24.3 Å². The van der Waals surface area contributed by atoms with Gasteiger partial charge < -0.3 is 20.1 Å². The highest BCUT2D eigenvalue weighted by Gasteiger charge is 2.25. The van der Waals surface area contributed by atoms with E-state index in [1.807, 2.05) is 0 Å². The van der Waals surface area contributed by atoms with Crippen molar-refractivity contribution in [3.8, 4) is 0 Å². The molecule has 0 aromatic carbocycles. The number of carbonyl (C=O) groups is 2. The molecule has 266 valence electrons. The highest BCUT2D eigenvalue weighted by molar-refractivity contribution is 7.47. The Balaban J connectivity index is 4.20. The van der Waals surface area contributed by atoms with Crippen molar-refractivity contribution in [2.24, 2.45) is 5.73 Å². The zero-order valence-electron chi connectivity index (χ0n) is 28.9. The van der Waals surface area contributed by atoms with Crippen LogP contribution >= 0.6 is 7.82 Å². The number of esters is 2. The minimum absolute atomic E-state index is 0.0551. The maximum Gasteiger partial charge on any atom is 0.472 e. The fourth-order valence-corrected chi connectivity index (χ4v) is 5.69. The number of nitrogens with two attached hydrogens (primary N) is 1. The van der Waals surface area contributed by atoms with E-state index in [2.05, 4.69) is 26.0 Å². The molecule has 0 aliphatic carbocycles. The Morgan fingerprint density at radius 1 is 0.644 bits per heavy atom. The normalized spacial score (nSPS) is 13.6. The Morgan fingerprint density at radius 2 is 1.09 bits per heavy atom. The van der Waals surface area contributed by atoms with Crippen LogP contribution in [0.3, 0.4) is 0 Å². The lowest BCUT2D eigenvalue weighted by atomic mass is 10.1. The predicted octanol–water partition coefficient (Wildman–Crippen LogP) is 9.49. The summed E-state index contributed by atoms with van der Waals surface area (Å²) in [5, 5.41) is 0. The molecular formula is C35H68NO8P. The zero-order valence-corrected chi connectivity index (χ0v) is 29.8. The molecule has 0 saturated heterocycles. The van der Waals surface area contributed by atoms with Crippen LogP contribution in [0.5, 0.6) is 0 Å². The second-order valence-electron chi connectivity index (χ2n) is 12.1. The van der Waals surface area contributed by atoms with Gasteiger partial charge in [0.25, 0.3) is 0 Å². The average molecular weight is 662 g/mol. The molecule has 0 aromatic rings. The Kier molecular flexibility index (Phi) is 31.8. The third-order valence-electron chi connectivity index (χ3n) is 7.65. The SMILES string of the molecule is CCCCCC/C=C\CCCCCCCCCC(=O)OC[C@H](COP(=O)(O)OCCN)OC(=O)CCCCCCCCCCC. The van der Waals surface area contributed by atoms with E-state index in [1.165, 1.54) is 83.5 Å². The molecule has 9 nitrogen and oxygen atoms in total. The Labute approximate surface area is 275 Å². The lowest BCUT2D eigenvalue weighted by Gasteiger charge is -2.19. The van der Waals surface area contributed by atoms with Gasteiger partial charge in [-0.25, -0.2) is 4.57 Å². The smallest absolute Gasteiger partial charge is 0.462 e. The molecule has 45 heavy (non-hydrogen) atoms. The summed E-state index contributed by atoms with van der Waals surface area (Å²) in [4.78, 5) is 34.5. The average Bonchev–Trinajstić information content (AvgIpc) is 3.02. The molecule has 0 saturated carbocycles. The Hall–Kier alpha value is -1.25. The molecule has 0 aliphatic heterocycles. The molecule has 0 aromatic heterocycles. The maximum atomic E-state index is 12.4. The standard InChI is InChI=1S/C35H68NO8P/c1-3-5-7-9-11-13-14-15-16-17-18-20-21-23-25-27-34(37)41-31-33(32-43-45(39,40)42-30-29-36)44-35(38)28-26-24-22-19-12-10-8-6-4-2/h13-14,33H,3-12,15-32,36H2,1-2H3,(H,39,40)/b14-13-/t33-/m1/s1. The predicted molar refractivity (Wildman–Crippen MR) is 183 cm³/mol. The quantitative estimate of drug-likeness (QED) is 0.0299. The first-order valence-corrected chi connectivity index (χ1v) is 19.7. The van der Waals surface area contributed by atoms with Gasteiger partial charge in [-0.2, -0.15) is 0 Å². The van der Waals surface area contributed by atoms with Crippen LogP contribution in [0.4, 0.5) is 0 Å². The summed E-state index contributed by atoms with van der Waals surface area (Å²) in [7, 11) is -4.36. The third kappa shape index (κ3) is 32.5. The molecule has 0 spiro atoms. The second-order valence-corrected chi connectivity index (χ2v) is 13.5. The minimum Gasteiger partial charge on any atom is -0.462 e. The van der Waals surface area contributed by atoms with E-state index < -0.39 is 26.5 Å². The number of hydrogen-bond acceptors (Lipinski definition) is 8. The fourth-order valence-electron chi connectivity index (χ4n) is 4.92. The van der Waals surface area contributed by atoms with Gasteiger partial charge in [-0.3, -0.25) is 18.6 Å². The molecule has 3 N–H and O–H groups in total. The van der Waals surface area contributed by atoms with E-state index in [0.29, 0.717) is 6.42 Å². The number of phosphoric ester groups is 1. The molecule has 10 heteroatoms. The molecule has 0 rings (SSSR count). The number of ether oxygens (including phenoxy) is 2. The number of unbranched alkanes of at least 4 members (excludes halogenated alkanes) is 19. The molecular weight excluding hydrogens is 593 g/mol. The van der Waals surface area contributed by atoms with Crippen LogP contribution in [0, 0.1) is 0 Å². The van der Waals surface area contributed by atoms with Crippen LogP contribution in [-0.2, 0) is 32.7 Å². The molecule has 0 fully saturated rings. The number of phosphoric acid groups is 1. The second kappa shape index (κ2) is 32.7. The zero-order chi connectivity index (χ0) is 33.3. The van der Waals surface area contributed by atoms with E-state index >= 15 is 0 Å². The van der Waals surface area contributed by atoms with Crippen molar-refractivity contribution in [3.05, 3.63) is 12.2 Å². The Bertz CT molecular complexity index is 764. The van der Waals surface area contributed by atoms with Gasteiger partial charge in [0, 0.05) is 19.4 Å². The van der Waals surface area contributed by atoms with Crippen LogP contribution in [0.2, 0.25) is 0 Å². The highest BCUT2D eigenvalue weighted by Crippen LogP contribution is 2.43. The molecule has 1 unspecified atom stereocenters. The van der Waals surface area contributed by atoms with Crippen molar-refractivity contribution in [1.82, 2.24) is 0 Å². The topological polar surface area (TPSA) is 134 Å². The van der Waals surface area contributed by atoms with Gasteiger partial charge in [-0.1, -0.05) is 129 Å². The summed E-state index contributed by atoms with van der Waals surface area (Å²) in [6, 6.07) is 0. The van der Waals surface area contributed by atoms with E-state index in [9.17, 15) is 19.0 Å². The van der Waals surface area contributed by atoms with Gasteiger partial charge in [0.15, 0.2) is 6.10 Å². The van der Waals surface area contributed by atoms with Crippen molar-refractivity contribution in [3.63, 3.8) is 0 Å². The third-order valence-corrected chi connectivity index (χ3v) is 8.64. The molecule has 0 amide bonds. The van der Waals surface area contributed by atoms with Crippen LogP contribution < -0.4 is 5.73 Å². The van der Waals surface area contributed by atoms with Crippen molar-refractivity contribution in [2.45, 2.75) is 174 Å². The maximum absolute atomic E-state index is 12.4. The van der Waals surface area contributed by atoms with Gasteiger partial charge in [0.05, 0.1) is 13.2 Å². The molecule has 0 aliphatic rings. The number of carbonyl (C=O) groups excluding carboxylic acids is 2. The number of allylic oxidation sites excluding steroid dienone is 2. The first-order valence-electron chi connectivity index (χ1n) is 18.2. The van der Waals surface area contributed by atoms with Gasteiger partial charge in [0.2, 0.25) is 0 Å². The molecule has 0 radical (unpaired) electrons. The lowest BCUT2D eigenvalue weighted by molar-refractivity contribution is -0.161. The van der Waals surface area contributed by atoms with E-state index in [0.717, 1.165) is 51.4 Å². The van der Waals surface area contributed by atoms with Crippen molar-refractivity contribution >= 4 is 19.8 Å². The number of hydrogen-bond donors (Lipinski definition) is 2. The lowest BCUT2D eigenvalue weighted by Crippen LogP contribution is -2.29. The van der Waals surface area contributed by atoms with Crippen LogP contribution in [-0.4, -0.2) is 49.3 Å². The molecule has 2 atom stereocenters. The van der Waals surface area contributed by atoms with E-state index in [1.54, 1.807) is 0 Å². The first kappa shape index (κ1) is 43.8. The summed E-state index contributed by atoms with van der Waals surface area (Å²) in [6.07, 6.45) is 29.6. The van der Waals surface area contributed by atoms with Crippen molar-refractivity contribution in [1.29, 1.82) is 0 Å².